The number of amidine groups is 1. The summed E-state index contributed by atoms with van der Waals surface area (Å²) >= 11 is 0. The van der Waals surface area contributed by atoms with E-state index in [0.29, 0.717) is 19.1 Å². The zero-order chi connectivity index (χ0) is 11.7. The number of hydrogen-bond donors (Lipinski definition) is 3. The summed E-state index contributed by atoms with van der Waals surface area (Å²) in [5.41, 5.74) is 5.43. The summed E-state index contributed by atoms with van der Waals surface area (Å²) < 4.78 is 5.39. The van der Waals surface area contributed by atoms with Gasteiger partial charge in [-0.05, 0) is 5.92 Å². The van der Waals surface area contributed by atoms with Gasteiger partial charge in [0.15, 0.2) is 0 Å². The van der Waals surface area contributed by atoms with Gasteiger partial charge in [0.05, 0.1) is 6.61 Å². The van der Waals surface area contributed by atoms with Crippen LogP contribution < -0.4 is 11.1 Å². The van der Waals surface area contributed by atoms with Crippen LogP contribution in [-0.4, -0.2) is 37.3 Å². The van der Waals surface area contributed by atoms with E-state index in [9.17, 15) is 0 Å². The van der Waals surface area contributed by atoms with Crippen LogP contribution in [0.4, 0.5) is 0 Å². The molecular weight excluding hydrogens is 194 g/mol. The highest BCUT2D eigenvalue weighted by Gasteiger charge is 2.05. The fourth-order valence-electron chi connectivity index (χ4n) is 0.985. The van der Waals surface area contributed by atoms with E-state index in [1.165, 1.54) is 0 Å². The Hall–Kier alpha value is -0.810. The largest absolute Gasteiger partial charge is 0.409 e. The Labute approximate surface area is 91.7 Å². The third-order valence-electron chi connectivity index (χ3n) is 1.95. The second-order valence-corrected chi connectivity index (χ2v) is 4.10. The molecule has 0 heterocycles. The molecule has 0 rings (SSSR count). The highest BCUT2D eigenvalue weighted by Crippen LogP contribution is 1.93. The minimum atomic E-state index is 0.0418. The predicted octanol–water partition coefficient (Wildman–Crippen LogP) is 0.631. The minimum Gasteiger partial charge on any atom is -0.409 e. The zero-order valence-electron chi connectivity index (χ0n) is 9.86. The highest BCUT2D eigenvalue weighted by molar-refractivity contribution is 5.82. The SMILES string of the molecule is CC(C)COCCNCC(C)C(N)=NO. The first-order chi connectivity index (χ1) is 7.07. The second-order valence-electron chi connectivity index (χ2n) is 4.10. The first kappa shape index (κ1) is 14.2. The van der Waals surface area contributed by atoms with Crippen molar-refractivity contribution < 1.29 is 9.94 Å². The van der Waals surface area contributed by atoms with Gasteiger partial charge < -0.3 is 21.0 Å². The lowest BCUT2D eigenvalue weighted by molar-refractivity contribution is 0.111. The van der Waals surface area contributed by atoms with E-state index in [0.717, 1.165) is 13.2 Å². The van der Waals surface area contributed by atoms with Crippen molar-refractivity contribution in [2.75, 3.05) is 26.3 Å². The maximum absolute atomic E-state index is 8.42. The Balaban J connectivity index is 3.31. The van der Waals surface area contributed by atoms with E-state index in [1.54, 1.807) is 0 Å². The molecule has 1 atom stereocenters. The van der Waals surface area contributed by atoms with Crippen LogP contribution in [0.15, 0.2) is 5.16 Å². The van der Waals surface area contributed by atoms with Crippen LogP contribution >= 0.6 is 0 Å². The van der Waals surface area contributed by atoms with Crippen molar-refractivity contribution >= 4 is 5.84 Å². The third kappa shape index (κ3) is 8.20. The van der Waals surface area contributed by atoms with Gasteiger partial charge in [0, 0.05) is 25.6 Å². The topological polar surface area (TPSA) is 79.9 Å². The van der Waals surface area contributed by atoms with Gasteiger partial charge in [-0.3, -0.25) is 0 Å². The molecule has 0 saturated heterocycles. The molecule has 0 aliphatic rings. The van der Waals surface area contributed by atoms with Crippen molar-refractivity contribution in [3.05, 3.63) is 0 Å². The molecule has 5 heteroatoms. The molecular formula is C10H23N3O2. The quantitative estimate of drug-likeness (QED) is 0.183. The Morgan fingerprint density at radius 3 is 2.67 bits per heavy atom. The van der Waals surface area contributed by atoms with E-state index < -0.39 is 0 Å². The summed E-state index contributed by atoms with van der Waals surface area (Å²) in [6, 6.07) is 0. The molecule has 4 N–H and O–H groups in total. The number of nitrogens with zero attached hydrogens (tertiary/aromatic N) is 1. The van der Waals surface area contributed by atoms with Gasteiger partial charge in [0.25, 0.3) is 0 Å². The summed E-state index contributed by atoms with van der Waals surface area (Å²) in [6.45, 7) is 9.11. The summed E-state index contributed by atoms with van der Waals surface area (Å²) in [5.74, 6) is 0.867. The van der Waals surface area contributed by atoms with Crippen LogP contribution in [0.1, 0.15) is 20.8 Å². The van der Waals surface area contributed by atoms with Crippen molar-refractivity contribution in [3.63, 3.8) is 0 Å². The number of hydrogen-bond acceptors (Lipinski definition) is 4. The zero-order valence-corrected chi connectivity index (χ0v) is 9.86. The van der Waals surface area contributed by atoms with Crippen molar-refractivity contribution in [1.29, 1.82) is 0 Å². The molecule has 0 aliphatic carbocycles. The first-order valence-electron chi connectivity index (χ1n) is 5.33. The molecule has 0 saturated carbocycles. The molecule has 0 bridgehead atoms. The fourth-order valence-corrected chi connectivity index (χ4v) is 0.985. The molecule has 15 heavy (non-hydrogen) atoms. The van der Waals surface area contributed by atoms with E-state index in [1.807, 2.05) is 6.92 Å². The fraction of sp³-hybridized carbons (Fsp3) is 0.900. The molecule has 0 aromatic carbocycles. The number of rotatable bonds is 8. The number of nitrogens with two attached hydrogens (primary N) is 1. The molecule has 0 fully saturated rings. The van der Waals surface area contributed by atoms with Crippen LogP contribution in [0.2, 0.25) is 0 Å². The van der Waals surface area contributed by atoms with Crippen molar-refractivity contribution in [2.24, 2.45) is 22.7 Å². The average molecular weight is 217 g/mol. The average Bonchev–Trinajstić information content (AvgIpc) is 2.21. The number of oxime groups is 1. The monoisotopic (exact) mass is 217 g/mol. The molecule has 0 aromatic rings. The molecule has 5 nitrogen and oxygen atoms in total. The third-order valence-corrected chi connectivity index (χ3v) is 1.95. The lowest BCUT2D eigenvalue weighted by Gasteiger charge is -2.11. The summed E-state index contributed by atoms with van der Waals surface area (Å²) in [5, 5.41) is 14.5. The predicted molar refractivity (Wildman–Crippen MR) is 61.1 cm³/mol. The summed E-state index contributed by atoms with van der Waals surface area (Å²) in [4.78, 5) is 0. The summed E-state index contributed by atoms with van der Waals surface area (Å²) in [6.07, 6.45) is 0. The van der Waals surface area contributed by atoms with E-state index in [-0.39, 0.29) is 11.8 Å². The second kappa shape index (κ2) is 8.49. The number of nitrogens with one attached hydrogen (secondary N) is 1. The van der Waals surface area contributed by atoms with Gasteiger partial charge in [-0.15, -0.1) is 0 Å². The molecule has 0 spiro atoms. The normalized spacial score (nSPS) is 14.5. The Morgan fingerprint density at radius 1 is 1.47 bits per heavy atom. The lowest BCUT2D eigenvalue weighted by atomic mass is 10.1. The Morgan fingerprint density at radius 2 is 2.13 bits per heavy atom. The van der Waals surface area contributed by atoms with E-state index in [2.05, 4.69) is 24.3 Å². The molecule has 0 radical (unpaired) electrons. The van der Waals surface area contributed by atoms with Gasteiger partial charge >= 0.3 is 0 Å². The van der Waals surface area contributed by atoms with Gasteiger partial charge in [0.2, 0.25) is 0 Å². The van der Waals surface area contributed by atoms with Crippen molar-refractivity contribution in [1.82, 2.24) is 5.32 Å². The minimum absolute atomic E-state index is 0.0418. The maximum atomic E-state index is 8.42. The summed E-state index contributed by atoms with van der Waals surface area (Å²) in [7, 11) is 0. The van der Waals surface area contributed by atoms with Crippen molar-refractivity contribution in [2.45, 2.75) is 20.8 Å². The molecule has 0 aromatic heterocycles. The van der Waals surface area contributed by atoms with Crippen LogP contribution in [0.3, 0.4) is 0 Å². The molecule has 0 amide bonds. The van der Waals surface area contributed by atoms with Crippen LogP contribution in [0.5, 0.6) is 0 Å². The lowest BCUT2D eigenvalue weighted by Crippen LogP contribution is -2.33. The molecule has 0 aliphatic heterocycles. The van der Waals surface area contributed by atoms with Gasteiger partial charge in [-0.2, -0.15) is 0 Å². The van der Waals surface area contributed by atoms with Crippen LogP contribution in [0.25, 0.3) is 0 Å². The van der Waals surface area contributed by atoms with E-state index >= 15 is 0 Å². The van der Waals surface area contributed by atoms with E-state index in [4.69, 9.17) is 15.7 Å². The highest BCUT2D eigenvalue weighted by atomic mass is 16.5. The standard InChI is InChI=1S/C10H23N3O2/c1-8(2)7-15-5-4-12-6-9(3)10(11)13-14/h8-9,12,14H,4-7H2,1-3H3,(H2,11,13). The molecule has 90 valence electrons. The smallest absolute Gasteiger partial charge is 0.143 e. The number of ether oxygens (including phenoxy) is 1. The van der Waals surface area contributed by atoms with Gasteiger partial charge in [-0.25, -0.2) is 0 Å². The van der Waals surface area contributed by atoms with Gasteiger partial charge in [-0.1, -0.05) is 25.9 Å². The van der Waals surface area contributed by atoms with Crippen molar-refractivity contribution in [3.8, 4) is 0 Å². The molecule has 1 unspecified atom stereocenters. The van der Waals surface area contributed by atoms with Crippen LogP contribution in [-0.2, 0) is 4.74 Å². The Kier molecular flexibility index (Phi) is 8.04. The Bertz CT molecular complexity index is 184. The maximum Gasteiger partial charge on any atom is 0.143 e. The van der Waals surface area contributed by atoms with Gasteiger partial charge in [0.1, 0.15) is 5.84 Å². The first-order valence-corrected chi connectivity index (χ1v) is 5.33. The van der Waals surface area contributed by atoms with Crippen LogP contribution in [0, 0.1) is 11.8 Å².